The molecule has 1 heterocycles. The van der Waals surface area contributed by atoms with Gasteiger partial charge in [-0.15, -0.1) is 0 Å². The predicted molar refractivity (Wildman–Crippen MR) is 85.8 cm³/mol. The maximum atomic E-state index is 12.4. The van der Waals surface area contributed by atoms with Crippen molar-refractivity contribution in [1.82, 2.24) is 5.16 Å². The van der Waals surface area contributed by atoms with Gasteiger partial charge in [0.2, 0.25) is 0 Å². The molecule has 1 aromatic heterocycles. The lowest BCUT2D eigenvalue weighted by Gasteiger charge is -2.05. The van der Waals surface area contributed by atoms with Crippen LogP contribution < -0.4 is 10.5 Å². The Morgan fingerprint density at radius 1 is 1.21 bits per heavy atom. The fourth-order valence-corrected chi connectivity index (χ4v) is 3.13. The van der Waals surface area contributed by atoms with Crippen molar-refractivity contribution in [2.24, 2.45) is 5.73 Å². The third-order valence-corrected chi connectivity index (χ3v) is 4.72. The number of nitrogens with zero attached hydrogens (tertiary/aromatic N) is 2. The van der Waals surface area contributed by atoms with Crippen LogP contribution in [0.25, 0.3) is 11.0 Å². The first-order valence-electron chi connectivity index (χ1n) is 6.76. The summed E-state index contributed by atoms with van der Waals surface area (Å²) in [5.74, 6) is 0.0342. The summed E-state index contributed by atoms with van der Waals surface area (Å²) >= 11 is 0. The molecule has 0 saturated carbocycles. The van der Waals surface area contributed by atoms with Crippen molar-refractivity contribution in [2.75, 3.05) is 4.72 Å². The Hall–Kier alpha value is -2.98. The summed E-state index contributed by atoms with van der Waals surface area (Å²) in [5.41, 5.74) is 6.56. The first-order chi connectivity index (χ1) is 11.4. The maximum absolute atomic E-state index is 12.4. The number of anilines is 1. The first kappa shape index (κ1) is 15.9. The molecule has 0 fully saturated rings. The Morgan fingerprint density at radius 2 is 1.92 bits per heavy atom. The molecule has 0 spiro atoms. The van der Waals surface area contributed by atoms with Crippen molar-refractivity contribution >= 4 is 32.5 Å². The van der Waals surface area contributed by atoms with Crippen LogP contribution in [0, 0.1) is 10.1 Å². The fraction of sp³-hybridized carbons (Fsp3) is 0.0714. The van der Waals surface area contributed by atoms with Gasteiger partial charge in [0.15, 0.2) is 11.4 Å². The monoisotopic (exact) mass is 348 g/mol. The Balaban J connectivity index is 1.93. The maximum Gasteiger partial charge on any atom is 0.269 e. The molecule has 0 aliphatic carbocycles. The molecule has 0 bridgehead atoms. The van der Waals surface area contributed by atoms with E-state index in [1.54, 1.807) is 18.2 Å². The lowest BCUT2D eigenvalue weighted by Crippen LogP contribution is -2.13. The number of hydrogen-bond acceptors (Lipinski definition) is 7. The van der Waals surface area contributed by atoms with Crippen LogP contribution >= 0.6 is 0 Å². The van der Waals surface area contributed by atoms with Gasteiger partial charge in [-0.05, 0) is 29.8 Å². The molecule has 0 amide bonds. The van der Waals surface area contributed by atoms with Gasteiger partial charge < -0.3 is 10.3 Å². The number of non-ortho nitro benzene ring substituents is 1. The molecular formula is C14H12N4O5S. The summed E-state index contributed by atoms with van der Waals surface area (Å²) in [6.45, 7) is 0.320. The van der Waals surface area contributed by atoms with Gasteiger partial charge in [0.25, 0.3) is 15.7 Å². The second-order valence-corrected chi connectivity index (χ2v) is 6.60. The lowest BCUT2D eigenvalue weighted by atomic mass is 10.2. The van der Waals surface area contributed by atoms with Crippen LogP contribution in [0.2, 0.25) is 0 Å². The van der Waals surface area contributed by atoms with E-state index >= 15 is 0 Å². The highest BCUT2D eigenvalue weighted by molar-refractivity contribution is 7.92. The van der Waals surface area contributed by atoms with E-state index in [2.05, 4.69) is 9.88 Å². The van der Waals surface area contributed by atoms with Gasteiger partial charge >= 0.3 is 0 Å². The molecule has 0 atom stereocenters. The Labute approximate surface area is 136 Å². The van der Waals surface area contributed by atoms with Crippen LogP contribution in [-0.4, -0.2) is 18.5 Å². The standard InChI is InChI=1S/C14H12N4O5S/c15-8-9-1-6-12-13(7-9)23-16-14(12)17-24(21,22)11-4-2-10(3-5-11)18(19)20/h1-7H,8,15H2,(H,16,17). The zero-order valence-corrected chi connectivity index (χ0v) is 13.0. The zero-order valence-electron chi connectivity index (χ0n) is 12.2. The van der Waals surface area contributed by atoms with E-state index in [9.17, 15) is 18.5 Å². The van der Waals surface area contributed by atoms with Crippen LogP contribution in [0.3, 0.4) is 0 Å². The molecular weight excluding hydrogens is 336 g/mol. The SMILES string of the molecule is NCc1ccc2c(NS(=O)(=O)c3ccc([N+](=O)[O-])cc3)noc2c1. The number of aromatic nitrogens is 1. The number of sulfonamides is 1. The lowest BCUT2D eigenvalue weighted by molar-refractivity contribution is -0.384. The van der Waals surface area contributed by atoms with E-state index in [0.717, 1.165) is 29.8 Å². The fourth-order valence-electron chi connectivity index (χ4n) is 2.12. The Morgan fingerprint density at radius 3 is 2.54 bits per heavy atom. The van der Waals surface area contributed by atoms with Gasteiger partial charge in [0, 0.05) is 18.7 Å². The van der Waals surface area contributed by atoms with E-state index in [1.807, 2.05) is 0 Å². The predicted octanol–water partition coefficient (Wildman–Crippen LogP) is 2.00. The van der Waals surface area contributed by atoms with Crippen LogP contribution in [0.15, 0.2) is 51.9 Å². The molecule has 24 heavy (non-hydrogen) atoms. The van der Waals surface area contributed by atoms with Crippen LogP contribution in [0.5, 0.6) is 0 Å². The van der Waals surface area contributed by atoms with Crippen molar-refractivity contribution in [3.05, 3.63) is 58.1 Å². The molecule has 9 nitrogen and oxygen atoms in total. The van der Waals surface area contributed by atoms with E-state index in [-0.39, 0.29) is 16.4 Å². The third kappa shape index (κ3) is 2.92. The van der Waals surface area contributed by atoms with Crippen molar-refractivity contribution in [3.8, 4) is 0 Å². The normalized spacial score (nSPS) is 11.5. The number of nitrogens with two attached hydrogens (primary N) is 1. The number of hydrogen-bond donors (Lipinski definition) is 2. The number of benzene rings is 2. The molecule has 124 valence electrons. The van der Waals surface area contributed by atoms with E-state index in [1.165, 1.54) is 0 Å². The second-order valence-electron chi connectivity index (χ2n) is 4.92. The molecule has 0 aliphatic heterocycles. The highest BCUT2D eigenvalue weighted by Crippen LogP contribution is 2.26. The largest absolute Gasteiger partial charge is 0.354 e. The molecule has 10 heteroatoms. The zero-order chi connectivity index (χ0) is 17.3. The van der Waals surface area contributed by atoms with Gasteiger partial charge in [-0.3, -0.25) is 14.8 Å². The van der Waals surface area contributed by atoms with Crippen molar-refractivity contribution in [3.63, 3.8) is 0 Å². The van der Waals surface area contributed by atoms with Crippen molar-refractivity contribution < 1.29 is 17.9 Å². The second kappa shape index (κ2) is 5.91. The molecule has 0 saturated heterocycles. The number of nitro benzene ring substituents is 1. The molecule has 3 aromatic rings. The molecule has 0 aliphatic rings. The minimum absolute atomic E-state index is 0.0342. The van der Waals surface area contributed by atoms with E-state index in [0.29, 0.717) is 17.5 Å². The topological polar surface area (TPSA) is 141 Å². The minimum atomic E-state index is -3.95. The average molecular weight is 348 g/mol. The number of nitro groups is 1. The van der Waals surface area contributed by atoms with Crippen molar-refractivity contribution in [2.45, 2.75) is 11.4 Å². The van der Waals surface area contributed by atoms with Crippen LogP contribution in [0.4, 0.5) is 11.5 Å². The number of nitrogens with one attached hydrogen (secondary N) is 1. The Kier molecular flexibility index (Phi) is 3.91. The molecule has 0 radical (unpaired) electrons. The average Bonchev–Trinajstić information content (AvgIpc) is 2.96. The van der Waals surface area contributed by atoms with Gasteiger partial charge in [-0.1, -0.05) is 11.2 Å². The first-order valence-corrected chi connectivity index (χ1v) is 8.25. The quantitative estimate of drug-likeness (QED) is 0.530. The minimum Gasteiger partial charge on any atom is -0.354 e. The van der Waals surface area contributed by atoms with Crippen LogP contribution in [0.1, 0.15) is 5.56 Å². The van der Waals surface area contributed by atoms with Crippen molar-refractivity contribution in [1.29, 1.82) is 0 Å². The summed E-state index contributed by atoms with van der Waals surface area (Å²) in [4.78, 5) is 9.90. The smallest absolute Gasteiger partial charge is 0.269 e. The summed E-state index contributed by atoms with van der Waals surface area (Å²) in [6.07, 6.45) is 0. The summed E-state index contributed by atoms with van der Waals surface area (Å²) in [5, 5.41) is 14.8. The van der Waals surface area contributed by atoms with Gasteiger partial charge in [-0.25, -0.2) is 8.42 Å². The highest BCUT2D eigenvalue weighted by atomic mass is 32.2. The number of fused-ring (bicyclic) bond motifs is 1. The molecule has 3 rings (SSSR count). The summed E-state index contributed by atoms with van der Waals surface area (Å²) in [7, 11) is -3.95. The van der Waals surface area contributed by atoms with E-state index in [4.69, 9.17) is 10.3 Å². The van der Waals surface area contributed by atoms with Gasteiger partial charge in [0.1, 0.15) is 0 Å². The summed E-state index contributed by atoms with van der Waals surface area (Å²) in [6, 6.07) is 9.59. The van der Waals surface area contributed by atoms with Crippen LogP contribution in [-0.2, 0) is 16.6 Å². The van der Waals surface area contributed by atoms with Gasteiger partial charge in [0.05, 0.1) is 15.2 Å². The summed E-state index contributed by atoms with van der Waals surface area (Å²) < 4.78 is 32.1. The number of rotatable bonds is 5. The molecule has 3 N–H and O–H groups in total. The highest BCUT2D eigenvalue weighted by Gasteiger charge is 2.19. The van der Waals surface area contributed by atoms with Gasteiger partial charge in [-0.2, -0.15) is 0 Å². The Bertz CT molecular complexity index is 1010. The molecule has 0 unspecified atom stereocenters. The molecule has 2 aromatic carbocycles. The third-order valence-electron chi connectivity index (χ3n) is 3.36. The van der Waals surface area contributed by atoms with E-state index < -0.39 is 14.9 Å².